The third-order valence-corrected chi connectivity index (χ3v) is 3.41. The van der Waals surface area contributed by atoms with Crippen LogP contribution >= 0.6 is 0 Å². The number of hydrogen-bond donors (Lipinski definition) is 1. The van der Waals surface area contributed by atoms with Gasteiger partial charge in [0.2, 0.25) is 0 Å². The summed E-state index contributed by atoms with van der Waals surface area (Å²) in [6.45, 7) is -0.255. The molecule has 0 aliphatic heterocycles. The summed E-state index contributed by atoms with van der Waals surface area (Å²) in [7, 11) is 0. The zero-order chi connectivity index (χ0) is 15.5. The molecular formula is C18H13F2NO. The van der Waals surface area contributed by atoms with Crippen LogP contribution in [0.4, 0.5) is 8.78 Å². The Morgan fingerprint density at radius 2 is 1.45 bits per heavy atom. The maximum Gasteiger partial charge on any atom is 0.123 e. The first-order valence-electron chi connectivity index (χ1n) is 6.79. The number of pyridine rings is 1. The number of halogens is 2. The lowest BCUT2D eigenvalue weighted by molar-refractivity contribution is 0.277. The van der Waals surface area contributed by atoms with Gasteiger partial charge in [-0.2, -0.15) is 0 Å². The van der Waals surface area contributed by atoms with Crippen molar-refractivity contribution in [2.24, 2.45) is 0 Å². The van der Waals surface area contributed by atoms with Crippen LogP contribution in [0.15, 0.2) is 60.8 Å². The highest BCUT2D eigenvalue weighted by atomic mass is 19.1. The average Bonchev–Trinajstić information content (AvgIpc) is 2.54. The highest BCUT2D eigenvalue weighted by Crippen LogP contribution is 2.29. The Balaban J connectivity index is 2.14. The largest absolute Gasteiger partial charge is 0.390 e. The van der Waals surface area contributed by atoms with E-state index in [-0.39, 0.29) is 18.2 Å². The standard InChI is InChI=1S/C18H13F2NO/c19-15-5-1-3-12(7-15)14-9-17(18(11-22)21-10-14)13-4-2-6-16(20)8-13/h1-10,22H,11H2. The third-order valence-electron chi connectivity index (χ3n) is 3.41. The Kier molecular flexibility index (Phi) is 3.94. The molecule has 0 aliphatic carbocycles. The molecule has 4 heteroatoms. The summed E-state index contributed by atoms with van der Waals surface area (Å²) in [5, 5.41) is 9.44. The summed E-state index contributed by atoms with van der Waals surface area (Å²) < 4.78 is 26.8. The Morgan fingerprint density at radius 1 is 0.818 bits per heavy atom. The molecule has 110 valence electrons. The molecule has 0 fully saturated rings. The fourth-order valence-electron chi connectivity index (χ4n) is 2.35. The first kappa shape index (κ1) is 14.4. The minimum Gasteiger partial charge on any atom is -0.390 e. The fourth-order valence-corrected chi connectivity index (χ4v) is 2.35. The van der Waals surface area contributed by atoms with Crippen molar-refractivity contribution >= 4 is 0 Å². The van der Waals surface area contributed by atoms with E-state index in [1.807, 2.05) is 0 Å². The molecule has 0 saturated carbocycles. The molecule has 0 unspecified atom stereocenters. The van der Waals surface area contributed by atoms with E-state index in [2.05, 4.69) is 4.98 Å². The molecule has 1 heterocycles. The molecule has 3 aromatic rings. The smallest absolute Gasteiger partial charge is 0.123 e. The van der Waals surface area contributed by atoms with Gasteiger partial charge in [-0.25, -0.2) is 8.78 Å². The van der Waals surface area contributed by atoms with Gasteiger partial charge in [0.15, 0.2) is 0 Å². The summed E-state index contributed by atoms with van der Waals surface area (Å²) in [5.41, 5.74) is 3.08. The van der Waals surface area contributed by atoms with E-state index in [4.69, 9.17) is 0 Å². The van der Waals surface area contributed by atoms with Gasteiger partial charge in [-0.3, -0.25) is 4.98 Å². The summed E-state index contributed by atoms with van der Waals surface area (Å²) in [5.74, 6) is -0.700. The predicted octanol–water partition coefficient (Wildman–Crippen LogP) is 4.19. The van der Waals surface area contributed by atoms with Crippen LogP contribution < -0.4 is 0 Å². The van der Waals surface area contributed by atoms with Gasteiger partial charge < -0.3 is 5.11 Å². The molecule has 0 saturated heterocycles. The van der Waals surface area contributed by atoms with E-state index < -0.39 is 0 Å². The maximum absolute atomic E-state index is 13.4. The topological polar surface area (TPSA) is 33.1 Å². The molecule has 22 heavy (non-hydrogen) atoms. The molecule has 0 aliphatic rings. The molecule has 1 aromatic heterocycles. The van der Waals surface area contributed by atoms with Gasteiger partial charge >= 0.3 is 0 Å². The summed E-state index contributed by atoms with van der Waals surface area (Å²) in [6.07, 6.45) is 1.57. The van der Waals surface area contributed by atoms with Crippen LogP contribution in [0.3, 0.4) is 0 Å². The fraction of sp³-hybridized carbons (Fsp3) is 0.0556. The van der Waals surface area contributed by atoms with Gasteiger partial charge in [0, 0.05) is 17.3 Å². The van der Waals surface area contributed by atoms with Crippen molar-refractivity contribution in [3.8, 4) is 22.3 Å². The average molecular weight is 297 g/mol. The van der Waals surface area contributed by atoms with Gasteiger partial charge in [-0.1, -0.05) is 24.3 Å². The zero-order valence-electron chi connectivity index (χ0n) is 11.6. The summed E-state index contributed by atoms with van der Waals surface area (Å²) >= 11 is 0. The monoisotopic (exact) mass is 297 g/mol. The maximum atomic E-state index is 13.4. The number of hydrogen-bond acceptors (Lipinski definition) is 2. The molecule has 0 bridgehead atoms. The van der Waals surface area contributed by atoms with E-state index in [1.54, 1.807) is 36.5 Å². The zero-order valence-corrected chi connectivity index (χ0v) is 11.6. The number of benzene rings is 2. The van der Waals surface area contributed by atoms with Crippen LogP contribution in [0.1, 0.15) is 5.69 Å². The van der Waals surface area contributed by atoms with Crippen molar-refractivity contribution in [3.63, 3.8) is 0 Å². The molecule has 0 radical (unpaired) electrons. The van der Waals surface area contributed by atoms with Crippen molar-refractivity contribution in [2.75, 3.05) is 0 Å². The van der Waals surface area contributed by atoms with Crippen molar-refractivity contribution in [1.82, 2.24) is 4.98 Å². The van der Waals surface area contributed by atoms with Crippen LogP contribution in [0.5, 0.6) is 0 Å². The number of nitrogens with zero attached hydrogens (tertiary/aromatic N) is 1. The molecular weight excluding hydrogens is 284 g/mol. The highest BCUT2D eigenvalue weighted by Gasteiger charge is 2.10. The van der Waals surface area contributed by atoms with Crippen molar-refractivity contribution in [1.29, 1.82) is 0 Å². The van der Waals surface area contributed by atoms with Gasteiger partial charge in [0.1, 0.15) is 11.6 Å². The summed E-state index contributed by atoms with van der Waals surface area (Å²) in [4.78, 5) is 4.21. The quantitative estimate of drug-likeness (QED) is 0.786. The highest BCUT2D eigenvalue weighted by molar-refractivity contribution is 5.73. The van der Waals surface area contributed by atoms with E-state index >= 15 is 0 Å². The van der Waals surface area contributed by atoms with Crippen LogP contribution in [0, 0.1) is 11.6 Å². The second-order valence-electron chi connectivity index (χ2n) is 4.90. The number of aliphatic hydroxyl groups excluding tert-OH is 1. The predicted molar refractivity (Wildman–Crippen MR) is 80.9 cm³/mol. The Labute approximate surface area is 126 Å². The molecule has 0 amide bonds. The van der Waals surface area contributed by atoms with E-state index in [1.165, 1.54) is 24.3 Å². The molecule has 3 rings (SSSR count). The minimum absolute atomic E-state index is 0.255. The first-order chi connectivity index (χ1) is 10.7. The molecule has 1 N–H and O–H groups in total. The Bertz CT molecular complexity index is 818. The van der Waals surface area contributed by atoms with Crippen LogP contribution in [-0.4, -0.2) is 10.1 Å². The minimum atomic E-state index is -0.363. The lowest BCUT2D eigenvalue weighted by atomic mass is 9.99. The molecule has 0 atom stereocenters. The van der Waals surface area contributed by atoms with Crippen molar-refractivity contribution < 1.29 is 13.9 Å². The lowest BCUT2D eigenvalue weighted by Gasteiger charge is -2.10. The number of rotatable bonds is 3. The van der Waals surface area contributed by atoms with Crippen LogP contribution in [0.25, 0.3) is 22.3 Å². The second-order valence-corrected chi connectivity index (χ2v) is 4.90. The Morgan fingerprint density at radius 3 is 2.09 bits per heavy atom. The van der Waals surface area contributed by atoms with E-state index in [0.29, 0.717) is 27.9 Å². The van der Waals surface area contributed by atoms with Gasteiger partial charge in [0.25, 0.3) is 0 Å². The van der Waals surface area contributed by atoms with Crippen molar-refractivity contribution in [2.45, 2.75) is 6.61 Å². The van der Waals surface area contributed by atoms with E-state index in [0.717, 1.165) is 0 Å². The van der Waals surface area contributed by atoms with Crippen LogP contribution in [0.2, 0.25) is 0 Å². The van der Waals surface area contributed by atoms with Gasteiger partial charge in [-0.15, -0.1) is 0 Å². The molecule has 2 nitrogen and oxygen atoms in total. The van der Waals surface area contributed by atoms with Crippen molar-refractivity contribution in [3.05, 3.63) is 78.1 Å². The van der Waals surface area contributed by atoms with Gasteiger partial charge in [-0.05, 0) is 41.5 Å². The number of aromatic nitrogens is 1. The Hall–Kier alpha value is -2.59. The number of aliphatic hydroxyl groups is 1. The van der Waals surface area contributed by atoms with E-state index in [9.17, 15) is 13.9 Å². The summed E-state index contributed by atoms with van der Waals surface area (Å²) in [6, 6.07) is 14.0. The second kappa shape index (κ2) is 6.03. The van der Waals surface area contributed by atoms with Crippen LogP contribution in [-0.2, 0) is 6.61 Å². The van der Waals surface area contributed by atoms with Gasteiger partial charge in [0.05, 0.1) is 12.3 Å². The SMILES string of the molecule is OCc1ncc(-c2cccc(F)c2)cc1-c1cccc(F)c1. The lowest BCUT2D eigenvalue weighted by Crippen LogP contribution is -1.95. The normalized spacial score (nSPS) is 10.7. The third kappa shape index (κ3) is 2.87. The molecule has 0 spiro atoms. The first-order valence-corrected chi connectivity index (χ1v) is 6.79. The molecule has 2 aromatic carbocycles.